The van der Waals surface area contributed by atoms with Gasteiger partial charge in [-0.1, -0.05) is 23.7 Å². The minimum Gasteiger partial charge on any atom is -0.489 e. The molecule has 1 fully saturated rings. The molecule has 0 saturated carbocycles. The summed E-state index contributed by atoms with van der Waals surface area (Å²) >= 11 is 6.29. The number of amides is 1. The van der Waals surface area contributed by atoms with E-state index in [1.165, 1.54) is 18.4 Å². The van der Waals surface area contributed by atoms with Gasteiger partial charge >= 0.3 is 0 Å². The van der Waals surface area contributed by atoms with Crippen molar-refractivity contribution in [2.24, 2.45) is 0 Å². The minimum absolute atomic E-state index is 0.173. The molecule has 0 radical (unpaired) electrons. The zero-order valence-corrected chi connectivity index (χ0v) is 15.9. The van der Waals surface area contributed by atoms with Gasteiger partial charge in [0.2, 0.25) is 0 Å². The summed E-state index contributed by atoms with van der Waals surface area (Å²) in [7, 11) is 0. The molecule has 1 N–H and O–H groups in total. The molecule has 5 nitrogen and oxygen atoms in total. The van der Waals surface area contributed by atoms with Crippen molar-refractivity contribution in [2.45, 2.75) is 25.8 Å². The third-order valence-corrected chi connectivity index (χ3v) is 5.16. The van der Waals surface area contributed by atoms with Crippen LogP contribution in [0.4, 0.5) is 5.69 Å². The Balaban J connectivity index is 1.44. The zero-order valence-electron chi connectivity index (χ0n) is 15.2. The summed E-state index contributed by atoms with van der Waals surface area (Å²) in [5, 5.41) is 3.33. The molecule has 0 aliphatic carbocycles. The number of rotatable bonds is 4. The lowest BCUT2D eigenvalue weighted by Gasteiger charge is -2.15. The molecule has 0 unspecified atom stereocenters. The van der Waals surface area contributed by atoms with E-state index in [-0.39, 0.29) is 5.91 Å². The van der Waals surface area contributed by atoms with Crippen molar-refractivity contribution in [2.75, 3.05) is 31.6 Å². The number of carbonyl (C=O) groups excluding carboxylic acids is 1. The van der Waals surface area contributed by atoms with E-state index in [9.17, 15) is 4.79 Å². The molecule has 2 aliphatic heterocycles. The van der Waals surface area contributed by atoms with Crippen LogP contribution in [-0.4, -0.2) is 37.1 Å². The Morgan fingerprint density at radius 3 is 2.56 bits per heavy atom. The molecule has 1 amide bonds. The second-order valence-electron chi connectivity index (χ2n) is 6.97. The van der Waals surface area contributed by atoms with Crippen molar-refractivity contribution in [1.29, 1.82) is 0 Å². The lowest BCUT2D eigenvalue weighted by Crippen LogP contribution is -2.18. The monoisotopic (exact) mass is 386 g/mol. The van der Waals surface area contributed by atoms with Crippen molar-refractivity contribution in [3.05, 3.63) is 52.5 Å². The van der Waals surface area contributed by atoms with E-state index in [1.54, 1.807) is 12.1 Å². The number of hydrogen-bond acceptors (Lipinski definition) is 4. The largest absolute Gasteiger partial charge is 0.489 e. The molecule has 0 bridgehead atoms. The van der Waals surface area contributed by atoms with Crippen LogP contribution in [0.1, 0.15) is 35.2 Å². The van der Waals surface area contributed by atoms with Gasteiger partial charge in [0.15, 0.2) is 11.5 Å². The van der Waals surface area contributed by atoms with Gasteiger partial charge < -0.3 is 14.8 Å². The quantitative estimate of drug-likeness (QED) is 0.848. The van der Waals surface area contributed by atoms with Crippen molar-refractivity contribution >= 4 is 23.2 Å². The number of anilines is 1. The number of hydrogen-bond donors (Lipinski definition) is 1. The maximum atomic E-state index is 12.6. The van der Waals surface area contributed by atoms with Gasteiger partial charge in [-0.2, -0.15) is 0 Å². The molecule has 2 aromatic carbocycles. The van der Waals surface area contributed by atoms with Crippen LogP contribution in [0, 0.1) is 0 Å². The van der Waals surface area contributed by atoms with Crippen molar-refractivity contribution in [3.8, 4) is 11.5 Å². The lowest BCUT2D eigenvalue weighted by molar-refractivity contribution is 0.102. The van der Waals surface area contributed by atoms with Gasteiger partial charge in [-0.3, -0.25) is 9.69 Å². The highest BCUT2D eigenvalue weighted by Crippen LogP contribution is 2.39. The summed E-state index contributed by atoms with van der Waals surface area (Å²) in [6.45, 7) is 4.40. The Bertz CT molecular complexity index is 817. The Hall–Kier alpha value is -2.24. The number of nitrogens with zero attached hydrogens (tertiary/aromatic N) is 1. The first-order valence-electron chi connectivity index (χ1n) is 9.41. The predicted molar refractivity (Wildman–Crippen MR) is 106 cm³/mol. The van der Waals surface area contributed by atoms with E-state index in [2.05, 4.69) is 10.2 Å². The van der Waals surface area contributed by atoms with Gasteiger partial charge in [-0.15, -0.1) is 0 Å². The van der Waals surface area contributed by atoms with Gasteiger partial charge in [0.25, 0.3) is 5.91 Å². The second kappa shape index (κ2) is 8.19. The number of fused-ring (bicyclic) bond motifs is 1. The molecule has 2 aromatic rings. The summed E-state index contributed by atoms with van der Waals surface area (Å²) in [4.78, 5) is 15.0. The number of nitrogens with one attached hydrogen (secondary N) is 1. The van der Waals surface area contributed by atoms with E-state index in [0.717, 1.165) is 26.1 Å². The van der Waals surface area contributed by atoms with Crippen molar-refractivity contribution in [1.82, 2.24) is 4.90 Å². The standard InChI is InChI=1S/C21H23ClN2O3/c22-18-12-17(13-19-20(18)27-11-3-10-26-19)23-21(25)16-6-4-15(5-7-16)14-24-8-1-2-9-24/h4-7,12-13H,1-3,8-11,14H2,(H,23,25). The maximum Gasteiger partial charge on any atom is 0.255 e. The molecular formula is C21H23ClN2O3. The molecular weight excluding hydrogens is 364 g/mol. The van der Waals surface area contributed by atoms with E-state index < -0.39 is 0 Å². The highest BCUT2D eigenvalue weighted by Gasteiger charge is 2.17. The molecule has 0 aromatic heterocycles. The molecule has 2 aliphatic rings. The molecule has 2 heterocycles. The Morgan fingerprint density at radius 2 is 1.78 bits per heavy atom. The SMILES string of the molecule is O=C(Nc1cc(Cl)c2c(c1)OCCCO2)c1ccc(CN2CCCC2)cc1. The van der Waals surface area contributed by atoms with Crippen LogP contribution < -0.4 is 14.8 Å². The molecule has 142 valence electrons. The number of halogens is 1. The molecule has 0 atom stereocenters. The van der Waals surface area contributed by atoms with Crippen LogP contribution in [0.2, 0.25) is 5.02 Å². The Morgan fingerprint density at radius 1 is 1.04 bits per heavy atom. The molecule has 27 heavy (non-hydrogen) atoms. The fourth-order valence-electron chi connectivity index (χ4n) is 3.47. The molecule has 1 saturated heterocycles. The van der Waals surface area contributed by atoms with E-state index in [1.807, 2.05) is 24.3 Å². The second-order valence-corrected chi connectivity index (χ2v) is 7.38. The molecule has 4 rings (SSSR count). The lowest BCUT2D eigenvalue weighted by atomic mass is 10.1. The van der Waals surface area contributed by atoms with Crippen molar-refractivity contribution < 1.29 is 14.3 Å². The van der Waals surface area contributed by atoms with Crippen LogP contribution in [-0.2, 0) is 6.54 Å². The average molecular weight is 387 g/mol. The minimum atomic E-state index is -0.173. The van der Waals surface area contributed by atoms with Gasteiger partial charge in [0.1, 0.15) is 0 Å². The first-order valence-corrected chi connectivity index (χ1v) is 9.78. The fraction of sp³-hybridized carbons (Fsp3) is 0.381. The highest BCUT2D eigenvalue weighted by atomic mass is 35.5. The van der Waals surface area contributed by atoms with Crippen LogP contribution in [0.3, 0.4) is 0 Å². The third kappa shape index (κ3) is 4.37. The van der Waals surface area contributed by atoms with Gasteiger partial charge in [-0.25, -0.2) is 0 Å². The third-order valence-electron chi connectivity index (χ3n) is 4.88. The van der Waals surface area contributed by atoms with Gasteiger partial charge in [0.05, 0.1) is 18.2 Å². The van der Waals surface area contributed by atoms with Gasteiger partial charge in [-0.05, 0) is 49.7 Å². The summed E-state index contributed by atoms with van der Waals surface area (Å²) in [5.74, 6) is 0.933. The highest BCUT2D eigenvalue weighted by molar-refractivity contribution is 6.32. The average Bonchev–Trinajstić information content (AvgIpc) is 3.05. The topological polar surface area (TPSA) is 50.8 Å². The number of likely N-dealkylation sites (tertiary alicyclic amines) is 1. The summed E-state index contributed by atoms with van der Waals surface area (Å²) in [6.07, 6.45) is 3.35. The molecule has 0 spiro atoms. The normalized spacial score (nSPS) is 16.8. The van der Waals surface area contributed by atoms with E-state index in [4.69, 9.17) is 21.1 Å². The number of ether oxygens (including phenoxy) is 2. The summed E-state index contributed by atoms with van der Waals surface area (Å²) in [5.41, 5.74) is 2.44. The van der Waals surface area contributed by atoms with E-state index in [0.29, 0.717) is 41.0 Å². The van der Waals surface area contributed by atoms with Crippen LogP contribution in [0.5, 0.6) is 11.5 Å². The van der Waals surface area contributed by atoms with Crippen LogP contribution in [0.25, 0.3) is 0 Å². The van der Waals surface area contributed by atoms with Crippen molar-refractivity contribution in [3.63, 3.8) is 0 Å². The summed E-state index contributed by atoms with van der Waals surface area (Å²) in [6, 6.07) is 11.2. The Labute approximate surface area is 164 Å². The first kappa shape index (κ1) is 18.1. The van der Waals surface area contributed by atoms with E-state index >= 15 is 0 Å². The van der Waals surface area contributed by atoms with Crippen LogP contribution >= 0.6 is 11.6 Å². The number of carbonyl (C=O) groups is 1. The molecule has 6 heteroatoms. The zero-order chi connectivity index (χ0) is 18.6. The maximum absolute atomic E-state index is 12.6. The van der Waals surface area contributed by atoms with Gasteiger partial charge in [0, 0.05) is 30.3 Å². The predicted octanol–water partition coefficient (Wildman–Crippen LogP) is 4.35. The Kier molecular flexibility index (Phi) is 5.50. The smallest absolute Gasteiger partial charge is 0.255 e. The van der Waals surface area contributed by atoms with Crippen LogP contribution in [0.15, 0.2) is 36.4 Å². The first-order chi connectivity index (χ1) is 13.2. The summed E-state index contributed by atoms with van der Waals surface area (Å²) < 4.78 is 11.3. The number of benzene rings is 2. The fourth-order valence-corrected chi connectivity index (χ4v) is 3.73.